The molecule has 0 radical (unpaired) electrons. The largest absolute Gasteiger partial charge is 0.273 e. The van der Waals surface area contributed by atoms with Crippen LogP contribution in [0.5, 0.6) is 0 Å². The molecule has 0 aliphatic heterocycles. The lowest BCUT2D eigenvalue weighted by molar-refractivity contribution is -0.131. The average Bonchev–Trinajstić information content (AvgIpc) is 1.88. The van der Waals surface area contributed by atoms with Crippen molar-refractivity contribution in [2.75, 3.05) is 0 Å². The number of nitrogens with zero attached hydrogens (tertiary/aromatic N) is 2. The summed E-state index contributed by atoms with van der Waals surface area (Å²) in [6.07, 6.45) is 1.76. The van der Waals surface area contributed by atoms with E-state index < -0.39 is 0 Å². The predicted octanol–water partition coefficient (Wildman–Crippen LogP) is 1.70. The Kier molecular flexibility index (Phi) is 4.41. The van der Waals surface area contributed by atoms with E-state index in [4.69, 9.17) is 0 Å². The summed E-state index contributed by atoms with van der Waals surface area (Å²) in [4.78, 5) is 20.8. The van der Waals surface area contributed by atoms with Crippen molar-refractivity contribution in [3.05, 3.63) is 4.91 Å². The second-order valence-corrected chi connectivity index (χ2v) is 2.58. The van der Waals surface area contributed by atoms with E-state index in [1.807, 2.05) is 13.8 Å². The normalized spacial score (nSPS) is 12.3. The number of rotatable bonds is 4. The molecule has 4 heteroatoms. The van der Waals surface area contributed by atoms with E-state index in [-0.39, 0.29) is 11.9 Å². The van der Waals surface area contributed by atoms with E-state index in [9.17, 15) is 9.70 Å². The Labute approximate surface area is 66.5 Å². The van der Waals surface area contributed by atoms with Crippen LogP contribution >= 0.6 is 0 Å². The number of carbonyl (C=O) groups excluding carboxylic acids is 1. The molecule has 0 bridgehead atoms. The van der Waals surface area contributed by atoms with Crippen molar-refractivity contribution in [1.29, 1.82) is 0 Å². The van der Waals surface area contributed by atoms with Crippen LogP contribution in [0.1, 0.15) is 33.6 Å². The Balaban J connectivity index is 4.02. The van der Waals surface area contributed by atoms with Crippen LogP contribution in [0.4, 0.5) is 0 Å². The summed E-state index contributed by atoms with van der Waals surface area (Å²) in [5.74, 6) is -0.291. The van der Waals surface area contributed by atoms with Gasteiger partial charge in [-0.05, 0) is 13.3 Å². The molecule has 1 atom stereocenters. The van der Waals surface area contributed by atoms with Crippen molar-refractivity contribution in [2.24, 2.45) is 5.29 Å². The van der Waals surface area contributed by atoms with Crippen molar-refractivity contribution in [2.45, 2.75) is 39.7 Å². The maximum absolute atomic E-state index is 10.7. The van der Waals surface area contributed by atoms with Gasteiger partial charge in [0.05, 0.1) is 11.3 Å². The molecule has 0 rings (SSSR count). The third kappa shape index (κ3) is 3.11. The van der Waals surface area contributed by atoms with Crippen LogP contribution in [0, 0.1) is 4.91 Å². The lowest BCUT2D eigenvalue weighted by Gasteiger charge is -2.18. The highest BCUT2D eigenvalue weighted by Gasteiger charge is 2.15. The molecular formula is C7H14N2O2. The van der Waals surface area contributed by atoms with Gasteiger partial charge in [0.15, 0.2) is 0 Å². The summed E-state index contributed by atoms with van der Waals surface area (Å²) in [7, 11) is 0. The fourth-order valence-electron chi connectivity index (χ4n) is 0.988. The van der Waals surface area contributed by atoms with Gasteiger partial charge in [0.2, 0.25) is 5.91 Å². The molecule has 0 N–H and O–H groups in total. The van der Waals surface area contributed by atoms with Gasteiger partial charge in [-0.25, -0.2) is 0 Å². The first-order valence-corrected chi connectivity index (χ1v) is 3.76. The van der Waals surface area contributed by atoms with Crippen LogP contribution < -0.4 is 0 Å². The van der Waals surface area contributed by atoms with E-state index in [0.717, 1.165) is 17.9 Å². The Morgan fingerprint density at radius 1 is 1.64 bits per heavy atom. The van der Waals surface area contributed by atoms with Gasteiger partial charge in [0.1, 0.15) is 0 Å². The van der Waals surface area contributed by atoms with Gasteiger partial charge in [0.25, 0.3) is 0 Å². The van der Waals surface area contributed by atoms with Gasteiger partial charge < -0.3 is 0 Å². The van der Waals surface area contributed by atoms with Crippen LogP contribution in [-0.4, -0.2) is 17.0 Å². The molecule has 0 fully saturated rings. The van der Waals surface area contributed by atoms with Crippen molar-refractivity contribution in [3.63, 3.8) is 0 Å². The minimum Gasteiger partial charge on any atom is -0.273 e. The van der Waals surface area contributed by atoms with Crippen molar-refractivity contribution in [1.82, 2.24) is 5.01 Å². The predicted molar refractivity (Wildman–Crippen MR) is 42.7 cm³/mol. The average molecular weight is 158 g/mol. The van der Waals surface area contributed by atoms with Crippen molar-refractivity contribution < 1.29 is 4.79 Å². The van der Waals surface area contributed by atoms with Gasteiger partial charge in [-0.1, -0.05) is 13.3 Å². The molecule has 0 aromatic carbocycles. The van der Waals surface area contributed by atoms with Crippen LogP contribution in [0.25, 0.3) is 0 Å². The molecule has 0 spiro atoms. The molecule has 64 valence electrons. The van der Waals surface area contributed by atoms with Crippen molar-refractivity contribution in [3.8, 4) is 0 Å². The first-order chi connectivity index (χ1) is 5.13. The standard InChI is InChI=1S/C7H14N2O2/c1-4-5-6(2)9(8-11)7(3)10/h6H,4-5H2,1-3H3. The maximum atomic E-state index is 10.7. The zero-order chi connectivity index (χ0) is 8.85. The van der Waals surface area contributed by atoms with E-state index in [1.165, 1.54) is 6.92 Å². The zero-order valence-corrected chi connectivity index (χ0v) is 7.20. The number of hydrogen-bond acceptors (Lipinski definition) is 3. The third-order valence-electron chi connectivity index (χ3n) is 1.53. The molecular weight excluding hydrogens is 144 g/mol. The first kappa shape index (κ1) is 10.1. The highest BCUT2D eigenvalue weighted by atomic mass is 16.3. The number of hydrogen-bond donors (Lipinski definition) is 0. The fourth-order valence-corrected chi connectivity index (χ4v) is 0.988. The molecule has 0 aromatic rings. The Bertz CT molecular complexity index is 147. The Morgan fingerprint density at radius 3 is 2.45 bits per heavy atom. The number of carbonyl (C=O) groups is 1. The highest BCUT2D eigenvalue weighted by Crippen LogP contribution is 2.06. The van der Waals surface area contributed by atoms with Crippen LogP contribution in [-0.2, 0) is 4.79 Å². The summed E-state index contributed by atoms with van der Waals surface area (Å²) in [6.45, 7) is 5.15. The van der Waals surface area contributed by atoms with E-state index in [1.54, 1.807) is 0 Å². The smallest absolute Gasteiger partial charge is 0.242 e. The zero-order valence-electron chi connectivity index (χ0n) is 7.20. The number of amides is 1. The minimum atomic E-state index is -0.291. The Morgan fingerprint density at radius 2 is 2.18 bits per heavy atom. The Hall–Kier alpha value is -0.930. The van der Waals surface area contributed by atoms with Crippen LogP contribution in [0.15, 0.2) is 5.29 Å². The molecule has 0 aliphatic carbocycles. The highest BCUT2D eigenvalue weighted by molar-refractivity contribution is 5.73. The summed E-state index contributed by atoms with van der Waals surface area (Å²) in [6, 6.07) is -0.0741. The minimum absolute atomic E-state index is 0.0741. The molecule has 1 unspecified atom stereocenters. The lowest BCUT2D eigenvalue weighted by atomic mass is 10.2. The monoisotopic (exact) mass is 158 g/mol. The molecule has 11 heavy (non-hydrogen) atoms. The molecule has 1 amide bonds. The molecule has 0 saturated heterocycles. The second kappa shape index (κ2) is 4.82. The molecule has 0 heterocycles. The van der Waals surface area contributed by atoms with Crippen LogP contribution in [0.3, 0.4) is 0 Å². The van der Waals surface area contributed by atoms with E-state index in [2.05, 4.69) is 5.29 Å². The van der Waals surface area contributed by atoms with Gasteiger partial charge in [-0.3, -0.25) is 4.79 Å². The molecule has 0 aromatic heterocycles. The lowest BCUT2D eigenvalue weighted by Crippen LogP contribution is -2.31. The van der Waals surface area contributed by atoms with Gasteiger partial charge in [-0.2, -0.15) is 5.01 Å². The van der Waals surface area contributed by atoms with Crippen molar-refractivity contribution >= 4 is 5.91 Å². The number of nitroso groups, excluding NO2 is 1. The first-order valence-electron chi connectivity index (χ1n) is 3.76. The SMILES string of the molecule is CCCC(C)N(N=O)C(C)=O. The van der Waals surface area contributed by atoms with Gasteiger partial charge in [-0.15, -0.1) is 4.91 Å². The molecule has 0 saturated carbocycles. The second-order valence-electron chi connectivity index (χ2n) is 2.58. The summed E-state index contributed by atoms with van der Waals surface area (Å²) in [5.41, 5.74) is 0. The van der Waals surface area contributed by atoms with Crippen LogP contribution in [0.2, 0.25) is 0 Å². The summed E-state index contributed by atoms with van der Waals surface area (Å²) < 4.78 is 0. The van der Waals surface area contributed by atoms with E-state index >= 15 is 0 Å². The third-order valence-corrected chi connectivity index (χ3v) is 1.53. The quantitative estimate of drug-likeness (QED) is 0.462. The fraction of sp³-hybridized carbons (Fsp3) is 0.857. The topological polar surface area (TPSA) is 49.7 Å². The summed E-state index contributed by atoms with van der Waals surface area (Å²) in [5, 5.41) is 3.62. The van der Waals surface area contributed by atoms with E-state index in [0.29, 0.717) is 0 Å². The maximum Gasteiger partial charge on any atom is 0.242 e. The molecule has 4 nitrogen and oxygen atoms in total. The summed E-state index contributed by atoms with van der Waals surface area (Å²) >= 11 is 0. The van der Waals surface area contributed by atoms with Gasteiger partial charge >= 0.3 is 0 Å². The molecule has 0 aliphatic rings. The van der Waals surface area contributed by atoms with Gasteiger partial charge in [0, 0.05) is 6.92 Å².